The van der Waals surface area contributed by atoms with Crippen molar-refractivity contribution in [1.29, 1.82) is 0 Å². The van der Waals surface area contributed by atoms with Crippen molar-refractivity contribution in [2.75, 3.05) is 40.3 Å². The van der Waals surface area contributed by atoms with Crippen LogP contribution in [0.5, 0.6) is 5.75 Å². The molecule has 0 aliphatic carbocycles. The number of nitrogens with zero attached hydrogens (tertiary/aromatic N) is 3. The second-order valence-electron chi connectivity index (χ2n) is 15.4. The summed E-state index contributed by atoms with van der Waals surface area (Å²) in [6, 6.07) is -0.595. The highest BCUT2D eigenvalue weighted by Gasteiger charge is 2.34. The molecule has 0 aromatic heterocycles. The van der Waals surface area contributed by atoms with Crippen LogP contribution in [0.2, 0.25) is 0 Å². The molecule has 1 rings (SSSR count). The average Bonchev–Trinajstić information content (AvgIpc) is 3.19. The number of carbonyl (C=O) groups excluding carboxylic acids is 2. The van der Waals surface area contributed by atoms with Crippen LogP contribution in [0.4, 0.5) is 0 Å². The van der Waals surface area contributed by atoms with Gasteiger partial charge in [0.2, 0.25) is 11.8 Å². The number of aliphatic hydroxyl groups excluding tert-OH is 1. The van der Waals surface area contributed by atoms with Crippen molar-refractivity contribution >= 4 is 54.9 Å². The molecule has 1 unspecified atom stereocenters. The van der Waals surface area contributed by atoms with Crippen molar-refractivity contribution in [3.63, 3.8) is 0 Å². The minimum Gasteiger partial charge on any atom is -0.389 e. The Balaban J connectivity index is 3.36. The smallest absolute Gasteiger partial charge is 0.389 e. The number of hydrogen-bond donors (Lipinski definition) is 10. The molecule has 2 amide bonds. The molecule has 24 nitrogen and oxygen atoms in total. The van der Waals surface area contributed by atoms with E-state index in [2.05, 4.69) is 46.2 Å². The van der Waals surface area contributed by atoms with Crippen molar-refractivity contribution in [2.24, 2.45) is 21.5 Å². The van der Waals surface area contributed by atoms with Crippen molar-refractivity contribution in [2.45, 2.75) is 110 Å². The summed E-state index contributed by atoms with van der Waals surface area (Å²) in [6.07, 6.45) is 3.61. The van der Waals surface area contributed by atoms with Gasteiger partial charge >= 0.3 is 31.2 Å². The van der Waals surface area contributed by atoms with Crippen LogP contribution in [0.1, 0.15) is 90.4 Å². The van der Waals surface area contributed by atoms with Crippen molar-refractivity contribution in [1.82, 2.24) is 26.2 Å². The number of carbonyl (C=O) groups is 2. The van der Waals surface area contributed by atoms with Gasteiger partial charge in [-0.3, -0.25) is 23.2 Å². The fourth-order valence-corrected chi connectivity index (χ4v) is 7.16. The first-order valence-corrected chi connectivity index (χ1v) is 24.6. The van der Waals surface area contributed by atoms with E-state index in [1.165, 1.54) is 18.9 Å². The molecule has 0 aliphatic rings. The van der Waals surface area contributed by atoms with Crippen molar-refractivity contribution in [3.05, 3.63) is 64.8 Å². The molecule has 1 aromatic rings. The number of likely N-dealkylation sites (N-methyl/N-ethyl adjacent to an activating group) is 2. The van der Waals surface area contributed by atoms with E-state index < -0.39 is 91.3 Å². The molecule has 0 fully saturated rings. The van der Waals surface area contributed by atoms with E-state index in [0.717, 1.165) is 29.3 Å². The van der Waals surface area contributed by atoms with E-state index in [-0.39, 0.29) is 36.9 Å². The standard InChI is InChI=1S/C39H67N9O15S3/c1-25(2)17-21-45-38(40)44-20-10-12-32(48(8)37(51)31(42-7)11-9-19-43-39(41)46-22-18-27(5)13-15-33(49)26(3)4)36(50)47-28(6)35(63-66(58,59)60)29-14-16-34(62-65(55,56)57)30(23-29)24-61-64(52,53)54/h14,16-18,23,28,31-33,35,42,49H,3,9-13,15,19-22,24H2,1-2,4-8H3,(H,47,50)(H3,40,44,45)(H3,41,43,46)(H,52,53,54)(H,55,56,57)(H,58,59,60)/b27-18-/t28-,31+,32+,33?,35+/m1/s1. The molecule has 66 heavy (non-hydrogen) atoms. The van der Waals surface area contributed by atoms with Gasteiger partial charge < -0.3 is 46.9 Å². The molecule has 0 bridgehead atoms. The molecule has 27 heteroatoms. The molecule has 376 valence electrons. The predicted molar refractivity (Wildman–Crippen MR) is 248 cm³/mol. The van der Waals surface area contributed by atoms with Gasteiger partial charge in [-0.2, -0.15) is 25.3 Å². The highest BCUT2D eigenvalue weighted by molar-refractivity contribution is 7.81. The van der Waals surface area contributed by atoms with Gasteiger partial charge in [-0.1, -0.05) is 41.5 Å². The lowest BCUT2D eigenvalue weighted by Gasteiger charge is -2.32. The molecule has 0 heterocycles. The molecule has 0 spiro atoms. The summed E-state index contributed by atoms with van der Waals surface area (Å²) >= 11 is 0. The lowest BCUT2D eigenvalue weighted by Crippen LogP contribution is -2.55. The highest BCUT2D eigenvalue weighted by Crippen LogP contribution is 2.30. The zero-order valence-electron chi connectivity index (χ0n) is 38.3. The first kappa shape index (κ1) is 59.3. The fraction of sp³-hybridized carbons (Fsp3) is 0.590. The van der Waals surface area contributed by atoms with Gasteiger partial charge in [0.15, 0.2) is 17.7 Å². The summed E-state index contributed by atoms with van der Waals surface area (Å²) < 4.78 is 111. The van der Waals surface area contributed by atoms with Crippen LogP contribution < -0.4 is 36.9 Å². The van der Waals surface area contributed by atoms with Crippen LogP contribution in [0.3, 0.4) is 0 Å². The average molecular weight is 998 g/mol. The van der Waals surface area contributed by atoms with Crippen LogP contribution >= 0.6 is 0 Å². The highest BCUT2D eigenvalue weighted by atomic mass is 32.3. The third-order valence-electron chi connectivity index (χ3n) is 9.56. The maximum absolute atomic E-state index is 14.1. The summed E-state index contributed by atoms with van der Waals surface area (Å²) in [6.45, 7) is 12.7. The number of benzene rings is 1. The number of rotatable bonds is 30. The largest absolute Gasteiger partial charge is 0.446 e. The number of hydrogen-bond acceptors (Lipinski definition) is 15. The Hall–Kier alpha value is -4.71. The van der Waals surface area contributed by atoms with Crippen molar-refractivity contribution < 1.29 is 66.2 Å². The van der Waals surface area contributed by atoms with E-state index >= 15 is 0 Å². The Morgan fingerprint density at radius 1 is 0.879 bits per heavy atom. The normalized spacial score (nSPS) is 15.2. The molecule has 5 atom stereocenters. The number of aliphatic hydroxyl groups is 1. The van der Waals surface area contributed by atoms with E-state index in [1.807, 2.05) is 32.9 Å². The van der Waals surface area contributed by atoms with Gasteiger partial charge in [-0.05, 0) is 97.9 Å². The maximum atomic E-state index is 14.1. The molecule has 12 N–H and O–H groups in total. The Bertz CT molecular complexity index is 2230. The van der Waals surface area contributed by atoms with Crippen LogP contribution in [-0.2, 0) is 55.8 Å². The third kappa shape index (κ3) is 25.3. The van der Waals surface area contributed by atoms with Crippen LogP contribution in [0.25, 0.3) is 0 Å². The number of guanidine groups is 2. The quantitative estimate of drug-likeness (QED) is 0.0169. The monoisotopic (exact) mass is 997 g/mol. The number of nitrogens with two attached hydrogens (primary N) is 2. The molecular weight excluding hydrogens is 931 g/mol. The first-order valence-electron chi connectivity index (χ1n) is 20.5. The zero-order valence-corrected chi connectivity index (χ0v) is 40.7. The van der Waals surface area contributed by atoms with Crippen molar-refractivity contribution in [3.8, 4) is 5.75 Å². The third-order valence-corrected chi connectivity index (χ3v) is 10.8. The number of allylic oxidation sites excluding steroid dienone is 2. The summed E-state index contributed by atoms with van der Waals surface area (Å²) in [5, 5.41) is 21.5. The number of aliphatic imine (C=N–C) groups is 2. The van der Waals surface area contributed by atoms with E-state index in [1.54, 1.807) is 14.0 Å². The van der Waals surface area contributed by atoms with Crippen LogP contribution in [0.15, 0.2) is 63.6 Å². The Kier molecular flexibility index (Phi) is 25.6. The molecule has 0 radical (unpaired) electrons. The Labute approximate surface area is 388 Å². The molecule has 0 aliphatic heterocycles. The van der Waals surface area contributed by atoms with E-state index in [4.69, 9.17) is 20.2 Å². The van der Waals surface area contributed by atoms with Gasteiger partial charge in [0, 0.05) is 25.7 Å². The zero-order chi connectivity index (χ0) is 50.4. The summed E-state index contributed by atoms with van der Waals surface area (Å²) in [4.78, 5) is 37.8. The summed E-state index contributed by atoms with van der Waals surface area (Å²) in [7, 11) is -12.6. The lowest BCUT2D eigenvalue weighted by atomic mass is 9.99. The van der Waals surface area contributed by atoms with Crippen LogP contribution in [-0.4, -0.2) is 137 Å². The topological polar surface area (TPSA) is 373 Å². The maximum Gasteiger partial charge on any atom is 0.446 e. The second-order valence-corrected chi connectivity index (χ2v) is 18.6. The summed E-state index contributed by atoms with van der Waals surface area (Å²) in [5.41, 5.74) is 14.1. The minimum absolute atomic E-state index is 0.0328. The van der Waals surface area contributed by atoms with Gasteiger partial charge in [-0.15, -0.1) is 0 Å². The van der Waals surface area contributed by atoms with Gasteiger partial charge in [0.05, 0.1) is 37.9 Å². The van der Waals surface area contributed by atoms with E-state index in [0.29, 0.717) is 50.9 Å². The number of nitrogens with one attached hydrogen (secondary N) is 4. The number of amides is 2. The molecule has 0 saturated heterocycles. The van der Waals surface area contributed by atoms with E-state index in [9.17, 15) is 49.1 Å². The molecular formula is C39H67N9O15S3. The molecule has 0 saturated carbocycles. The minimum atomic E-state index is -5.30. The van der Waals surface area contributed by atoms with Crippen LogP contribution in [0, 0.1) is 0 Å². The Morgan fingerprint density at radius 3 is 1.97 bits per heavy atom. The Morgan fingerprint density at radius 2 is 1.45 bits per heavy atom. The van der Waals surface area contributed by atoms with Gasteiger partial charge in [0.25, 0.3) is 0 Å². The van der Waals surface area contributed by atoms with Gasteiger partial charge in [0.1, 0.15) is 12.1 Å². The fourth-order valence-electron chi connectivity index (χ4n) is 5.95. The first-order chi connectivity index (χ1) is 30.5. The van der Waals surface area contributed by atoms with Gasteiger partial charge in [-0.25, -0.2) is 18.4 Å². The SMILES string of the molecule is C=C(C)C(O)CC/C(C)=C\CN=C(N)NCCC[C@H](NC)C(=O)N(C)[C@@H](CCCNC(N)=NCC=C(C)C)C(=O)N[C@H](C)[C@H](OS(=O)(=O)O)c1ccc(OS(=O)(=O)O)c(COS(=O)(=O)O)c1. The summed E-state index contributed by atoms with van der Waals surface area (Å²) in [5.74, 6) is -1.66. The second kappa shape index (κ2) is 28.5. The molecule has 1 aromatic carbocycles. The lowest BCUT2D eigenvalue weighted by molar-refractivity contribution is -0.141. The predicted octanol–water partition coefficient (Wildman–Crippen LogP) is 0.967.